The number of hydrogen-bond donors (Lipinski definition) is 0. The average Bonchev–Trinajstić information content (AvgIpc) is 3.05. The molecule has 0 amide bonds. The Morgan fingerprint density at radius 3 is 2.40 bits per heavy atom. The molecule has 2 rings (SSSR count). The predicted molar refractivity (Wildman–Crippen MR) is 58.5 cm³/mol. The molecule has 1 aliphatic carbocycles. The molecule has 0 radical (unpaired) electrons. The first kappa shape index (κ1) is 10.9. The molecule has 0 atom stereocenters. The van der Waals surface area contributed by atoms with Gasteiger partial charge in [-0.2, -0.15) is 0 Å². The predicted octanol–water partition coefficient (Wildman–Crippen LogP) is 1.67. The van der Waals surface area contributed by atoms with Crippen LogP contribution in [-0.2, 0) is 9.53 Å². The highest BCUT2D eigenvalue weighted by Crippen LogP contribution is 2.31. The topological polar surface area (TPSA) is 29.5 Å². The molecule has 0 aromatic heterocycles. The summed E-state index contributed by atoms with van der Waals surface area (Å²) in [7, 11) is 1.48. The van der Waals surface area contributed by atoms with Crippen LogP contribution in [-0.4, -0.2) is 37.6 Å². The number of methoxy groups -OCH3 is 1. The van der Waals surface area contributed by atoms with Crippen LogP contribution in [0.15, 0.2) is 0 Å². The molecule has 0 aromatic carbocycles. The molecule has 0 bridgehead atoms. The Hall–Kier alpha value is -0.570. The number of carbonyl (C=O) groups is 1. The summed E-state index contributed by atoms with van der Waals surface area (Å²) in [5, 5.41) is 0. The quantitative estimate of drug-likeness (QED) is 0.662. The third kappa shape index (κ3) is 3.49. The molecule has 15 heavy (non-hydrogen) atoms. The van der Waals surface area contributed by atoms with Gasteiger partial charge in [-0.05, 0) is 50.6 Å². The first-order chi connectivity index (χ1) is 7.28. The zero-order valence-corrected chi connectivity index (χ0v) is 9.58. The smallest absolute Gasteiger partial charge is 0.305 e. The van der Waals surface area contributed by atoms with Crippen LogP contribution in [0.4, 0.5) is 0 Å². The van der Waals surface area contributed by atoms with Crippen molar-refractivity contribution in [1.82, 2.24) is 4.90 Å². The van der Waals surface area contributed by atoms with E-state index in [1.807, 2.05) is 0 Å². The number of esters is 1. The van der Waals surface area contributed by atoms with Gasteiger partial charge in [0.1, 0.15) is 0 Å². The van der Waals surface area contributed by atoms with Crippen molar-refractivity contribution in [2.24, 2.45) is 11.8 Å². The molecule has 3 nitrogen and oxygen atoms in total. The van der Waals surface area contributed by atoms with Gasteiger partial charge in [-0.15, -0.1) is 0 Å². The zero-order chi connectivity index (χ0) is 10.7. The lowest BCUT2D eigenvalue weighted by atomic mass is 9.93. The first-order valence-electron chi connectivity index (χ1n) is 6.07. The van der Waals surface area contributed by atoms with Crippen LogP contribution in [0.2, 0.25) is 0 Å². The van der Waals surface area contributed by atoms with Gasteiger partial charge in [0.15, 0.2) is 0 Å². The van der Waals surface area contributed by atoms with Crippen LogP contribution in [0.3, 0.4) is 0 Å². The van der Waals surface area contributed by atoms with Gasteiger partial charge in [-0.25, -0.2) is 0 Å². The molecule has 1 saturated heterocycles. The van der Waals surface area contributed by atoms with Gasteiger partial charge in [0.25, 0.3) is 0 Å². The number of carbonyl (C=O) groups excluding carboxylic acids is 1. The fourth-order valence-corrected chi connectivity index (χ4v) is 2.36. The van der Waals surface area contributed by atoms with Crippen molar-refractivity contribution in [3.05, 3.63) is 0 Å². The highest BCUT2D eigenvalue weighted by atomic mass is 16.5. The van der Waals surface area contributed by atoms with E-state index in [4.69, 9.17) is 4.74 Å². The fourth-order valence-electron chi connectivity index (χ4n) is 2.36. The molecule has 0 unspecified atom stereocenters. The maximum atomic E-state index is 11.1. The Balaban J connectivity index is 1.64. The average molecular weight is 211 g/mol. The van der Waals surface area contributed by atoms with Crippen molar-refractivity contribution in [3.8, 4) is 0 Å². The molecule has 0 aromatic rings. The van der Waals surface area contributed by atoms with Gasteiger partial charge in [-0.1, -0.05) is 0 Å². The molecule has 86 valence electrons. The second kappa shape index (κ2) is 4.97. The summed E-state index contributed by atoms with van der Waals surface area (Å²) in [6.07, 6.45) is 5.82. The lowest BCUT2D eigenvalue weighted by Gasteiger charge is -2.31. The second-order valence-electron chi connectivity index (χ2n) is 4.97. The Morgan fingerprint density at radius 1 is 1.20 bits per heavy atom. The van der Waals surface area contributed by atoms with E-state index in [0.717, 1.165) is 5.92 Å². The Bertz CT molecular complexity index is 218. The third-order valence-electron chi connectivity index (χ3n) is 3.60. The summed E-state index contributed by atoms with van der Waals surface area (Å²) in [6.45, 7) is 3.65. The Labute approximate surface area is 91.8 Å². The summed E-state index contributed by atoms with van der Waals surface area (Å²) < 4.78 is 4.70. The molecule has 2 aliphatic rings. The van der Waals surface area contributed by atoms with Gasteiger partial charge >= 0.3 is 5.97 Å². The van der Waals surface area contributed by atoms with E-state index in [0.29, 0.717) is 12.3 Å². The maximum Gasteiger partial charge on any atom is 0.305 e. The standard InChI is InChI=1S/C12H21NO2/c1-15-12(14)8-10-4-6-13(7-5-10)9-11-2-3-11/h10-11H,2-9H2,1H3. The van der Waals surface area contributed by atoms with Gasteiger partial charge in [0.2, 0.25) is 0 Å². The molecule has 0 N–H and O–H groups in total. The van der Waals surface area contributed by atoms with E-state index in [1.54, 1.807) is 0 Å². The van der Waals surface area contributed by atoms with E-state index >= 15 is 0 Å². The van der Waals surface area contributed by atoms with Crippen molar-refractivity contribution >= 4 is 5.97 Å². The summed E-state index contributed by atoms with van der Waals surface area (Å²) >= 11 is 0. The highest BCUT2D eigenvalue weighted by Gasteiger charge is 2.27. The molecule has 2 fully saturated rings. The largest absolute Gasteiger partial charge is 0.469 e. The number of hydrogen-bond acceptors (Lipinski definition) is 3. The molecular formula is C12H21NO2. The minimum Gasteiger partial charge on any atom is -0.469 e. The zero-order valence-electron chi connectivity index (χ0n) is 9.58. The number of nitrogens with zero attached hydrogens (tertiary/aromatic N) is 1. The van der Waals surface area contributed by atoms with E-state index in [9.17, 15) is 4.79 Å². The van der Waals surface area contributed by atoms with Crippen molar-refractivity contribution in [2.75, 3.05) is 26.7 Å². The van der Waals surface area contributed by atoms with E-state index in [2.05, 4.69) is 4.90 Å². The van der Waals surface area contributed by atoms with Crippen molar-refractivity contribution in [2.45, 2.75) is 32.1 Å². The van der Waals surface area contributed by atoms with Crippen molar-refractivity contribution in [1.29, 1.82) is 0 Å². The van der Waals surface area contributed by atoms with Crippen LogP contribution in [0.1, 0.15) is 32.1 Å². The van der Waals surface area contributed by atoms with E-state index in [-0.39, 0.29) is 5.97 Å². The summed E-state index contributed by atoms with van der Waals surface area (Å²) in [5.74, 6) is 1.51. The Morgan fingerprint density at radius 2 is 1.87 bits per heavy atom. The highest BCUT2D eigenvalue weighted by molar-refractivity contribution is 5.69. The van der Waals surface area contributed by atoms with Gasteiger partial charge < -0.3 is 9.64 Å². The number of rotatable bonds is 4. The van der Waals surface area contributed by atoms with Gasteiger partial charge in [0, 0.05) is 13.0 Å². The first-order valence-corrected chi connectivity index (χ1v) is 6.07. The minimum absolute atomic E-state index is 0.0457. The van der Waals surface area contributed by atoms with Gasteiger partial charge in [-0.3, -0.25) is 4.79 Å². The third-order valence-corrected chi connectivity index (χ3v) is 3.60. The van der Waals surface area contributed by atoms with Crippen LogP contribution < -0.4 is 0 Å². The second-order valence-corrected chi connectivity index (χ2v) is 4.97. The molecule has 0 spiro atoms. The maximum absolute atomic E-state index is 11.1. The van der Waals surface area contributed by atoms with E-state index in [1.165, 1.54) is 52.4 Å². The van der Waals surface area contributed by atoms with Crippen molar-refractivity contribution in [3.63, 3.8) is 0 Å². The molecule has 1 saturated carbocycles. The van der Waals surface area contributed by atoms with E-state index < -0.39 is 0 Å². The SMILES string of the molecule is COC(=O)CC1CCN(CC2CC2)CC1. The lowest BCUT2D eigenvalue weighted by Crippen LogP contribution is -2.35. The molecule has 1 heterocycles. The normalized spacial score (nSPS) is 24.1. The van der Waals surface area contributed by atoms with Gasteiger partial charge in [0.05, 0.1) is 7.11 Å². The molecular weight excluding hydrogens is 190 g/mol. The number of ether oxygens (including phenoxy) is 1. The summed E-state index contributed by atoms with van der Waals surface area (Å²) in [6, 6.07) is 0. The fraction of sp³-hybridized carbons (Fsp3) is 0.917. The van der Waals surface area contributed by atoms with Crippen LogP contribution >= 0.6 is 0 Å². The summed E-state index contributed by atoms with van der Waals surface area (Å²) in [4.78, 5) is 13.7. The Kier molecular flexibility index (Phi) is 3.62. The molecule has 3 heteroatoms. The number of likely N-dealkylation sites (tertiary alicyclic amines) is 1. The van der Waals surface area contributed by atoms with Crippen LogP contribution in [0.25, 0.3) is 0 Å². The lowest BCUT2D eigenvalue weighted by molar-refractivity contribution is -0.142. The monoisotopic (exact) mass is 211 g/mol. The van der Waals surface area contributed by atoms with Crippen LogP contribution in [0.5, 0.6) is 0 Å². The molecule has 1 aliphatic heterocycles. The van der Waals surface area contributed by atoms with Crippen molar-refractivity contribution < 1.29 is 9.53 Å². The number of piperidine rings is 1. The minimum atomic E-state index is -0.0457. The summed E-state index contributed by atoms with van der Waals surface area (Å²) in [5.41, 5.74) is 0. The van der Waals surface area contributed by atoms with Crippen LogP contribution in [0, 0.1) is 11.8 Å².